The fourth-order valence-corrected chi connectivity index (χ4v) is 12.5. The van der Waals surface area contributed by atoms with Gasteiger partial charge >= 0.3 is 0 Å². The van der Waals surface area contributed by atoms with Gasteiger partial charge in [-0.25, -0.2) is 0 Å². The molecule has 27 nitrogen and oxygen atoms in total. The van der Waals surface area contributed by atoms with Gasteiger partial charge in [0.15, 0.2) is 17.9 Å². The number of hydrogen-bond donors (Lipinski definition) is 12. The van der Waals surface area contributed by atoms with Crippen molar-refractivity contribution in [1.29, 1.82) is 0 Å². The van der Waals surface area contributed by atoms with Crippen LogP contribution in [0.25, 0.3) is 0 Å². The highest BCUT2D eigenvalue weighted by Crippen LogP contribution is 2.52. The molecule has 2 aliphatic carbocycles. The number of phenolic OH excluding ortho intramolecular Hbond substituents is 3. The van der Waals surface area contributed by atoms with E-state index >= 15 is 0 Å². The van der Waals surface area contributed by atoms with Crippen LogP contribution in [0.4, 0.5) is 0 Å². The highest BCUT2D eigenvalue weighted by atomic mass is 16.7. The Kier molecular flexibility index (Phi) is 22.8. The summed E-state index contributed by atoms with van der Waals surface area (Å²) in [7, 11) is 1.27. The van der Waals surface area contributed by atoms with Gasteiger partial charge in [0.25, 0.3) is 0 Å². The molecule has 12 N–H and O–H groups in total. The number of pyridine rings is 1. The van der Waals surface area contributed by atoms with E-state index < -0.39 is 168 Å². The molecule has 3 aromatic carbocycles. The Labute approximate surface area is 536 Å². The number of aliphatic hydroxyl groups is 3. The minimum atomic E-state index is -2.48. The van der Waals surface area contributed by atoms with Gasteiger partial charge in [0.2, 0.25) is 47.1 Å². The van der Waals surface area contributed by atoms with Gasteiger partial charge in [-0.05, 0) is 98.7 Å². The molecule has 27 heteroatoms. The molecule has 2 saturated heterocycles. The summed E-state index contributed by atoms with van der Waals surface area (Å²) in [6.45, 7) is 8.69. The van der Waals surface area contributed by atoms with E-state index in [1.54, 1.807) is 38.4 Å². The van der Waals surface area contributed by atoms with E-state index in [0.29, 0.717) is 24.9 Å². The number of methoxy groups -OCH3 is 1. The third-order valence-electron chi connectivity index (χ3n) is 17.3. The lowest BCUT2D eigenvalue weighted by Gasteiger charge is -2.43. The number of nitrogens with zero attached hydrogens (tertiary/aromatic N) is 2. The Morgan fingerprint density at radius 1 is 0.774 bits per heavy atom. The predicted molar refractivity (Wildman–Crippen MR) is 330 cm³/mol. The number of aromatic hydroxyl groups is 3. The summed E-state index contributed by atoms with van der Waals surface area (Å²) >= 11 is 0. The van der Waals surface area contributed by atoms with Crippen LogP contribution in [0, 0.1) is 11.8 Å². The molecule has 500 valence electrons. The number of rotatable bonds is 26. The molecule has 1 unspecified atom stereocenters. The zero-order valence-corrected chi connectivity index (χ0v) is 52.9. The lowest BCUT2D eigenvalue weighted by atomic mass is 9.72. The van der Waals surface area contributed by atoms with Crippen molar-refractivity contribution in [1.82, 2.24) is 41.8 Å². The number of carbonyl (C=O) groups excluding carboxylic acids is 10. The Balaban J connectivity index is 1.01. The number of aryl methyl sites for hydroxylation is 1. The highest BCUT2D eigenvalue weighted by Gasteiger charge is 2.51. The number of ether oxygens (including phenoxy) is 3. The summed E-state index contributed by atoms with van der Waals surface area (Å²) in [5, 5.41) is 83.9. The maximum Gasteiger partial charge on any atom is 0.243 e. The number of aliphatic hydroxyl groups excluding tert-OH is 2. The van der Waals surface area contributed by atoms with E-state index in [-0.39, 0.29) is 90.0 Å². The number of ketones is 3. The van der Waals surface area contributed by atoms with Crippen molar-refractivity contribution in [3.05, 3.63) is 111 Å². The van der Waals surface area contributed by atoms with Crippen LogP contribution in [0.5, 0.6) is 23.0 Å². The maximum absolute atomic E-state index is 14.8. The average molecular weight is 1290 g/mol. The van der Waals surface area contributed by atoms with Gasteiger partial charge in [-0.2, -0.15) is 0 Å². The fourth-order valence-electron chi connectivity index (χ4n) is 12.5. The minimum absolute atomic E-state index is 0.000746. The van der Waals surface area contributed by atoms with Crippen molar-refractivity contribution >= 4 is 58.7 Å². The first-order chi connectivity index (χ1) is 44.1. The molecule has 0 spiro atoms. The Hall–Kier alpha value is -8.89. The summed E-state index contributed by atoms with van der Waals surface area (Å²) in [5.74, 6) is -9.71. The molecule has 4 aliphatic rings. The Bertz CT molecular complexity index is 3490. The summed E-state index contributed by atoms with van der Waals surface area (Å²) in [5.41, 5.74) is -3.46. The van der Waals surface area contributed by atoms with Crippen LogP contribution in [0.3, 0.4) is 0 Å². The van der Waals surface area contributed by atoms with E-state index in [2.05, 4.69) is 36.9 Å². The zero-order chi connectivity index (χ0) is 67.7. The monoisotopic (exact) mass is 1290 g/mol. The number of amides is 7. The number of likely N-dealkylation sites (tertiary alicyclic amines) is 1. The number of nitrogens with one attached hydrogen (secondary N) is 6. The molecule has 93 heavy (non-hydrogen) atoms. The third-order valence-corrected chi connectivity index (χ3v) is 17.3. The largest absolute Gasteiger partial charge is 0.508 e. The first-order valence-corrected chi connectivity index (χ1v) is 31.1. The number of aromatic nitrogens is 1. The second-order valence-electron chi connectivity index (χ2n) is 25.0. The lowest BCUT2D eigenvalue weighted by molar-refractivity contribution is -0.249. The van der Waals surface area contributed by atoms with E-state index in [1.807, 2.05) is 13.8 Å². The van der Waals surface area contributed by atoms with Gasteiger partial charge < -0.3 is 81.7 Å². The van der Waals surface area contributed by atoms with Crippen LogP contribution in [-0.2, 0) is 67.1 Å². The normalized spacial score (nSPS) is 22.0. The van der Waals surface area contributed by atoms with Gasteiger partial charge in [-0.3, -0.25) is 52.9 Å². The molecule has 2 fully saturated rings. The zero-order valence-electron chi connectivity index (χ0n) is 52.9. The second-order valence-corrected chi connectivity index (χ2v) is 25.0. The van der Waals surface area contributed by atoms with Crippen molar-refractivity contribution in [3.63, 3.8) is 0 Å². The van der Waals surface area contributed by atoms with Gasteiger partial charge in [0.1, 0.15) is 71.5 Å². The van der Waals surface area contributed by atoms with Crippen LogP contribution in [0.2, 0.25) is 0 Å². The molecule has 11 atom stereocenters. The Morgan fingerprint density at radius 3 is 2.06 bits per heavy atom. The minimum Gasteiger partial charge on any atom is -0.508 e. The molecule has 3 heterocycles. The van der Waals surface area contributed by atoms with Gasteiger partial charge in [-0.15, -0.1) is 0 Å². The molecule has 1 aromatic heterocycles. The van der Waals surface area contributed by atoms with Crippen molar-refractivity contribution in [3.8, 4) is 23.0 Å². The standard InChI is InChI=1S/C66H82N8O19/c1-32(2)24-43(73-65(89)46-11-9-23-74(46)35(6)76)61(85)68-30-50(79)69-41(18-15-36-19-21-67-22-20-36)62(86)72-45(26-37-13-16-38(77)17-14-37)64(88)71-44(25-33(3)4)63(87)70-42-27-51(92-34(5)56(42)80)93-48-29-66(90,49(78)31-75)28-40-53(48)60(84)55-54(58(40)82)57(81)39-10-8-12-47(91-7)52(39)59(55)83/h8,10,12-14,16-17,19-22,32-34,41-46,48,51,56,75,77,80,82,84,90H,9,11,15,18,23-31H2,1-7H3,(H,68,85)(H,69,79)(H,70,87)(H,71,88)(H,72,86)(H,73,89)/t34-,41?,42-,43-,44-,45-,46-,48-,51-,56+,66-/m0/s1. The van der Waals surface area contributed by atoms with Crippen molar-refractivity contribution < 1.29 is 92.8 Å². The molecule has 0 bridgehead atoms. The maximum atomic E-state index is 14.8. The second kappa shape index (κ2) is 30.2. The van der Waals surface area contributed by atoms with Crippen molar-refractivity contribution in [2.45, 2.75) is 172 Å². The predicted octanol–water partition coefficient (Wildman–Crippen LogP) is 1.29. The molecule has 0 saturated carbocycles. The van der Waals surface area contributed by atoms with Crippen molar-refractivity contribution in [2.75, 3.05) is 26.8 Å². The van der Waals surface area contributed by atoms with Crippen LogP contribution in [0.1, 0.15) is 147 Å². The summed E-state index contributed by atoms with van der Waals surface area (Å²) in [6.07, 6.45) is -3.13. The van der Waals surface area contributed by atoms with Crippen LogP contribution in [-0.4, -0.2) is 186 Å². The third kappa shape index (κ3) is 16.3. The topological polar surface area (TPSA) is 408 Å². The van der Waals surface area contributed by atoms with E-state index in [9.17, 15) is 78.6 Å². The summed E-state index contributed by atoms with van der Waals surface area (Å²) in [4.78, 5) is 144. The number of phenols is 3. The summed E-state index contributed by atoms with van der Waals surface area (Å²) < 4.78 is 17.8. The van der Waals surface area contributed by atoms with Crippen LogP contribution in [0.15, 0.2) is 67.0 Å². The number of benzene rings is 3. The van der Waals surface area contributed by atoms with Gasteiger partial charge in [-0.1, -0.05) is 52.0 Å². The number of fused-ring (bicyclic) bond motifs is 3. The van der Waals surface area contributed by atoms with E-state index in [1.165, 1.54) is 68.3 Å². The van der Waals surface area contributed by atoms with Gasteiger partial charge in [0, 0.05) is 68.2 Å². The molecule has 2 aliphatic heterocycles. The smallest absolute Gasteiger partial charge is 0.243 e. The number of carbonyl (C=O) groups is 10. The number of Topliss-reactive ketones (excluding diaryl/α,β-unsaturated/α-hetero) is 1. The van der Waals surface area contributed by atoms with Crippen LogP contribution >= 0.6 is 0 Å². The molecular weight excluding hydrogens is 1210 g/mol. The number of hydrogen-bond acceptors (Lipinski definition) is 20. The van der Waals surface area contributed by atoms with E-state index in [4.69, 9.17) is 14.2 Å². The van der Waals surface area contributed by atoms with Crippen molar-refractivity contribution in [2.24, 2.45) is 11.8 Å². The first kappa shape index (κ1) is 70.0. The molecule has 4 aromatic rings. The quantitative estimate of drug-likeness (QED) is 0.0347. The Morgan fingerprint density at radius 2 is 1.42 bits per heavy atom. The molecular formula is C66H82N8O19. The van der Waals surface area contributed by atoms with Gasteiger partial charge in [0.05, 0.1) is 48.6 Å². The van der Waals surface area contributed by atoms with E-state index in [0.717, 1.165) is 5.56 Å². The average Bonchev–Trinajstić information content (AvgIpc) is 1.20. The first-order valence-electron chi connectivity index (χ1n) is 31.1. The molecule has 7 amide bonds. The van der Waals surface area contributed by atoms with Crippen LogP contribution < -0.4 is 36.6 Å². The lowest BCUT2D eigenvalue weighted by Crippen LogP contribution is -2.61. The summed E-state index contributed by atoms with van der Waals surface area (Å²) in [6, 6.07) is 6.20. The highest BCUT2D eigenvalue weighted by molar-refractivity contribution is 6.31. The fraction of sp³-hybridized carbons (Fsp3) is 0.500. The molecule has 8 rings (SSSR count). The molecule has 0 radical (unpaired) electrons. The SMILES string of the molecule is COc1cccc2c1C(=O)c1c(O)c3c(c(O)c1C2=O)C[C@@](O)(C(=O)CO)C[C@@H]3O[C@H]1C[C@H](NC(=O)[C@H](CC(C)C)NC(=O)[C@H](Cc2ccc(O)cc2)NC(=O)C(CCc2ccncc2)NC(=O)CNC(=O)[C@H](CC(C)C)NC(=O)[C@@H]2CCCN2C(C)=O)[C@H](O)[C@H](C)O1.